The summed E-state index contributed by atoms with van der Waals surface area (Å²) in [6, 6.07) is 0. The van der Waals surface area contributed by atoms with Crippen molar-refractivity contribution in [2.45, 2.75) is 24.5 Å². The number of aromatic nitrogens is 3. The fourth-order valence-corrected chi connectivity index (χ4v) is 1.89. The molecule has 1 aromatic rings. The fourth-order valence-electron chi connectivity index (χ4n) is 1.89. The van der Waals surface area contributed by atoms with Crippen LogP contribution in [-0.2, 0) is 9.47 Å². The molecule has 2 rings (SSSR count). The van der Waals surface area contributed by atoms with Gasteiger partial charge in [0.05, 0.1) is 6.61 Å². The molecule has 1 saturated heterocycles. The van der Waals surface area contributed by atoms with Gasteiger partial charge in [-0.15, -0.1) is 5.10 Å². The second kappa shape index (κ2) is 4.98. The van der Waals surface area contributed by atoms with Gasteiger partial charge in [0.1, 0.15) is 24.6 Å². The molecule has 1 unspecified atom stereocenters. The van der Waals surface area contributed by atoms with Crippen LogP contribution in [0.15, 0.2) is 6.33 Å². The highest BCUT2D eigenvalue weighted by molar-refractivity contribution is 5.88. The van der Waals surface area contributed by atoms with E-state index in [4.69, 9.17) is 20.3 Å². The zero-order chi connectivity index (χ0) is 13.3. The van der Waals surface area contributed by atoms with Crippen LogP contribution in [0.4, 0.5) is 0 Å². The quantitative estimate of drug-likeness (QED) is 0.550. The minimum atomic E-state index is -1.03. The predicted molar refractivity (Wildman–Crippen MR) is 56.3 cm³/mol. The molecule has 2 heterocycles. The van der Waals surface area contributed by atoms with Gasteiger partial charge in [-0.05, 0) is 0 Å². The number of carbonyl (C=O) groups is 1. The van der Waals surface area contributed by atoms with Crippen LogP contribution < -0.4 is 5.73 Å². The molecule has 1 amide bonds. The second-order valence-electron chi connectivity index (χ2n) is 3.85. The first-order valence-electron chi connectivity index (χ1n) is 5.26. The van der Waals surface area contributed by atoms with E-state index in [0.29, 0.717) is 0 Å². The van der Waals surface area contributed by atoms with Gasteiger partial charge in [-0.3, -0.25) is 4.79 Å². The molecule has 0 bridgehead atoms. The van der Waals surface area contributed by atoms with Crippen molar-refractivity contribution >= 4 is 5.91 Å². The summed E-state index contributed by atoms with van der Waals surface area (Å²) in [6.45, 7) is -0.302. The molecule has 4 atom stereocenters. The number of primary amides is 1. The summed E-state index contributed by atoms with van der Waals surface area (Å²) in [5.41, 5.74) is 5.02. The molecular weight excluding hydrogens is 244 g/mol. The SMILES string of the molecule is COC1[C@@H](CO)O[C@@H](n2cnc(C(N)=O)n2)[C@H]1O. The Hall–Kier alpha value is -1.55. The van der Waals surface area contributed by atoms with Crippen LogP contribution in [0.5, 0.6) is 0 Å². The number of amides is 1. The Morgan fingerprint density at radius 3 is 2.89 bits per heavy atom. The number of carbonyl (C=O) groups excluding carboxylic acids is 1. The molecule has 1 aliphatic rings. The van der Waals surface area contributed by atoms with E-state index in [1.807, 2.05) is 0 Å². The van der Waals surface area contributed by atoms with Crippen LogP contribution in [0.25, 0.3) is 0 Å². The minimum Gasteiger partial charge on any atom is -0.394 e. The molecule has 1 aliphatic heterocycles. The summed E-state index contributed by atoms with van der Waals surface area (Å²) in [7, 11) is 1.40. The van der Waals surface area contributed by atoms with E-state index in [9.17, 15) is 9.90 Å². The highest BCUT2D eigenvalue weighted by Gasteiger charge is 2.45. The predicted octanol–water partition coefficient (Wildman–Crippen LogP) is -2.36. The topological polar surface area (TPSA) is 133 Å². The van der Waals surface area contributed by atoms with Crippen LogP contribution in [0.3, 0.4) is 0 Å². The third kappa shape index (κ3) is 2.08. The van der Waals surface area contributed by atoms with Crippen molar-refractivity contribution in [3.05, 3.63) is 12.2 Å². The number of rotatable bonds is 4. The highest BCUT2D eigenvalue weighted by atomic mass is 16.6. The van der Waals surface area contributed by atoms with E-state index < -0.39 is 30.4 Å². The van der Waals surface area contributed by atoms with Crippen molar-refractivity contribution in [1.29, 1.82) is 0 Å². The maximum atomic E-state index is 10.9. The molecule has 9 heteroatoms. The number of aliphatic hydroxyl groups is 2. The summed E-state index contributed by atoms with van der Waals surface area (Å²) >= 11 is 0. The summed E-state index contributed by atoms with van der Waals surface area (Å²) in [5, 5.41) is 22.9. The Morgan fingerprint density at radius 2 is 2.44 bits per heavy atom. The first-order chi connectivity index (χ1) is 8.58. The minimum absolute atomic E-state index is 0.174. The highest BCUT2D eigenvalue weighted by Crippen LogP contribution is 2.30. The van der Waals surface area contributed by atoms with E-state index >= 15 is 0 Å². The van der Waals surface area contributed by atoms with Gasteiger partial charge in [0.15, 0.2) is 6.23 Å². The van der Waals surface area contributed by atoms with Crippen LogP contribution in [0.2, 0.25) is 0 Å². The molecule has 100 valence electrons. The summed E-state index contributed by atoms with van der Waals surface area (Å²) in [6.07, 6.45) is -2.04. The van der Waals surface area contributed by atoms with Crippen LogP contribution >= 0.6 is 0 Å². The molecule has 0 spiro atoms. The Balaban J connectivity index is 2.20. The smallest absolute Gasteiger partial charge is 0.288 e. The van der Waals surface area contributed by atoms with Gasteiger partial charge in [0.25, 0.3) is 5.91 Å². The maximum absolute atomic E-state index is 10.9. The third-order valence-electron chi connectivity index (χ3n) is 2.75. The van der Waals surface area contributed by atoms with Gasteiger partial charge in [0, 0.05) is 7.11 Å². The number of ether oxygens (including phenoxy) is 2. The molecule has 18 heavy (non-hydrogen) atoms. The zero-order valence-electron chi connectivity index (χ0n) is 9.63. The lowest BCUT2D eigenvalue weighted by molar-refractivity contribution is -0.0603. The maximum Gasteiger partial charge on any atom is 0.288 e. The third-order valence-corrected chi connectivity index (χ3v) is 2.75. The summed E-state index contributed by atoms with van der Waals surface area (Å²) in [5.74, 6) is -0.949. The summed E-state index contributed by atoms with van der Waals surface area (Å²) < 4.78 is 11.6. The first kappa shape index (κ1) is 12.9. The van der Waals surface area contributed by atoms with Gasteiger partial charge in [-0.2, -0.15) is 0 Å². The van der Waals surface area contributed by atoms with Crippen LogP contribution in [0, 0.1) is 0 Å². The number of nitrogens with zero attached hydrogens (tertiary/aromatic N) is 3. The molecule has 0 radical (unpaired) electrons. The lowest BCUT2D eigenvalue weighted by Crippen LogP contribution is -2.35. The van der Waals surface area contributed by atoms with Crippen molar-refractivity contribution in [2.75, 3.05) is 13.7 Å². The molecular formula is C9H14N4O5. The first-order valence-corrected chi connectivity index (χ1v) is 5.26. The second-order valence-corrected chi connectivity index (χ2v) is 3.85. The zero-order valence-corrected chi connectivity index (χ0v) is 9.63. The lowest BCUT2D eigenvalue weighted by Gasteiger charge is -2.16. The molecule has 0 aliphatic carbocycles. The van der Waals surface area contributed by atoms with Crippen molar-refractivity contribution in [3.8, 4) is 0 Å². The van der Waals surface area contributed by atoms with Crippen LogP contribution in [-0.4, -0.2) is 62.9 Å². The largest absolute Gasteiger partial charge is 0.394 e. The number of methoxy groups -OCH3 is 1. The number of hydrogen-bond acceptors (Lipinski definition) is 7. The Morgan fingerprint density at radius 1 is 1.72 bits per heavy atom. The average Bonchev–Trinajstić information content (AvgIpc) is 2.93. The van der Waals surface area contributed by atoms with Gasteiger partial charge in [-0.25, -0.2) is 9.67 Å². The Labute approximate surface area is 102 Å². The fraction of sp³-hybridized carbons (Fsp3) is 0.667. The number of nitrogens with two attached hydrogens (primary N) is 1. The van der Waals surface area contributed by atoms with Crippen LogP contribution in [0.1, 0.15) is 16.8 Å². The van der Waals surface area contributed by atoms with Crippen molar-refractivity contribution in [1.82, 2.24) is 14.8 Å². The molecule has 4 N–H and O–H groups in total. The molecule has 9 nitrogen and oxygen atoms in total. The van der Waals surface area contributed by atoms with E-state index in [2.05, 4.69) is 10.1 Å². The molecule has 0 saturated carbocycles. The number of aliphatic hydroxyl groups excluding tert-OH is 2. The van der Waals surface area contributed by atoms with Gasteiger partial charge in [-0.1, -0.05) is 0 Å². The van der Waals surface area contributed by atoms with E-state index in [-0.39, 0.29) is 12.4 Å². The van der Waals surface area contributed by atoms with E-state index in [0.717, 1.165) is 0 Å². The lowest BCUT2D eigenvalue weighted by atomic mass is 10.1. The monoisotopic (exact) mass is 258 g/mol. The van der Waals surface area contributed by atoms with E-state index in [1.165, 1.54) is 18.1 Å². The van der Waals surface area contributed by atoms with Crippen molar-refractivity contribution in [3.63, 3.8) is 0 Å². The number of hydrogen-bond donors (Lipinski definition) is 3. The molecule has 1 aromatic heterocycles. The normalized spacial score (nSPS) is 31.7. The standard InChI is InChI=1S/C9H14N4O5/c1-17-6-4(2-14)18-9(5(6)15)13-3-11-8(12-13)7(10)16/h3-6,9,14-15H,2H2,1H3,(H2,10,16)/t4-,5+,6?,9-/m1/s1. The van der Waals surface area contributed by atoms with Crippen molar-refractivity contribution in [2.24, 2.45) is 5.73 Å². The molecule has 1 fully saturated rings. The summed E-state index contributed by atoms with van der Waals surface area (Å²) in [4.78, 5) is 14.5. The van der Waals surface area contributed by atoms with E-state index in [1.54, 1.807) is 0 Å². The van der Waals surface area contributed by atoms with Gasteiger partial charge >= 0.3 is 0 Å². The Kier molecular flexibility index (Phi) is 3.57. The van der Waals surface area contributed by atoms with Crippen molar-refractivity contribution < 1.29 is 24.5 Å². The van der Waals surface area contributed by atoms with Gasteiger partial charge in [0.2, 0.25) is 5.82 Å². The molecule has 0 aromatic carbocycles. The average molecular weight is 258 g/mol. The van der Waals surface area contributed by atoms with Gasteiger partial charge < -0.3 is 25.4 Å². The Bertz CT molecular complexity index is 436.